The maximum Gasteiger partial charge on any atom is 0.296 e. The Bertz CT molecular complexity index is 2090. The minimum atomic E-state index is -3.84. The molecule has 0 aliphatic carbocycles. The molecular formula is C43H50ClNO6S2Si. The van der Waals surface area contributed by atoms with Gasteiger partial charge >= 0.3 is 0 Å². The predicted molar refractivity (Wildman–Crippen MR) is 221 cm³/mol. The molecule has 5 aromatic rings. The zero-order valence-electron chi connectivity index (χ0n) is 31.5. The monoisotopic (exact) mass is 803 g/mol. The van der Waals surface area contributed by atoms with Crippen molar-refractivity contribution in [1.29, 1.82) is 0 Å². The van der Waals surface area contributed by atoms with E-state index in [-0.39, 0.29) is 39.9 Å². The van der Waals surface area contributed by atoms with Crippen molar-refractivity contribution in [1.82, 2.24) is 4.90 Å². The lowest BCUT2D eigenvalue weighted by Gasteiger charge is -2.41. The molecule has 7 nitrogen and oxygen atoms in total. The van der Waals surface area contributed by atoms with E-state index >= 15 is 0 Å². The van der Waals surface area contributed by atoms with E-state index in [0.717, 1.165) is 30.6 Å². The molecule has 5 aromatic carbocycles. The lowest BCUT2D eigenvalue weighted by molar-refractivity contribution is 0.0130. The van der Waals surface area contributed by atoms with Gasteiger partial charge in [-0.25, -0.2) is 8.42 Å². The number of nitrogens with zero attached hydrogens (tertiary/aromatic N) is 1. The molecule has 1 heterocycles. The quantitative estimate of drug-likeness (QED) is 0.0735. The molecule has 11 heteroatoms. The van der Waals surface area contributed by atoms with Gasteiger partial charge in [0.1, 0.15) is 0 Å². The highest BCUT2D eigenvalue weighted by atomic mass is 35.7. The SMILES string of the molecule is Cc1ccc(S(=O)(=O)Cl)cc1.Cc1ccc(S(=O)(=O)OC[C@@H]2C[C@@H](C(O[SiH](c3ccccc3)c3ccccc3)C(C)(C)C)N(Cc3ccccc3)C2)cc1. The van der Waals surface area contributed by atoms with Gasteiger partial charge in [0.25, 0.3) is 19.2 Å². The highest BCUT2D eigenvalue weighted by Gasteiger charge is 2.44. The number of hydrogen-bond acceptors (Lipinski definition) is 7. The Morgan fingerprint density at radius 3 is 1.63 bits per heavy atom. The van der Waals surface area contributed by atoms with Crippen LogP contribution in [0.2, 0.25) is 0 Å². The Morgan fingerprint density at radius 2 is 1.17 bits per heavy atom. The zero-order valence-corrected chi connectivity index (χ0v) is 35.1. The summed E-state index contributed by atoms with van der Waals surface area (Å²) in [5, 5.41) is 2.50. The maximum absolute atomic E-state index is 13.1. The van der Waals surface area contributed by atoms with Crippen LogP contribution in [0.5, 0.6) is 0 Å². The maximum atomic E-state index is 13.1. The summed E-state index contributed by atoms with van der Waals surface area (Å²) < 4.78 is 60.6. The molecule has 0 spiro atoms. The normalized spacial score (nSPS) is 17.2. The molecule has 0 amide bonds. The number of rotatable bonds is 12. The van der Waals surface area contributed by atoms with E-state index < -0.39 is 28.2 Å². The molecule has 54 heavy (non-hydrogen) atoms. The lowest BCUT2D eigenvalue weighted by atomic mass is 9.83. The van der Waals surface area contributed by atoms with E-state index in [0.29, 0.717) is 0 Å². The van der Waals surface area contributed by atoms with Gasteiger partial charge < -0.3 is 4.43 Å². The van der Waals surface area contributed by atoms with Gasteiger partial charge in [-0.3, -0.25) is 9.08 Å². The first kappa shape index (κ1) is 41.5. The van der Waals surface area contributed by atoms with Gasteiger partial charge in [0.2, 0.25) is 9.04 Å². The molecule has 1 aliphatic heterocycles. The van der Waals surface area contributed by atoms with Crippen LogP contribution in [0.1, 0.15) is 43.9 Å². The Kier molecular flexibility index (Phi) is 14.1. The predicted octanol–water partition coefficient (Wildman–Crippen LogP) is 7.48. The number of likely N-dealkylation sites (tertiary alicyclic amines) is 1. The average molecular weight is 805 g/mol. The van der Waals surface area contributed by atoms with E-state index in [2.05, 4.69) is 111 Å². The van der Waals surface area contributed by atoms with E-state index in [1.165, 1.54) is 28.1 Å². The van der Waals surface area contributed by atoms with Gasteiger partial charge in [0.15, 0.2) is 0 Å². The number of halogens is 1. The van der Waals surface area contributed by atoms with Crippen molar-refractivity contribution in [3.05, 3.63) is 156 Å². The third-order valence-corrected chi connectivity index (χ3v) is 14.7. The van der Waals surface area contributed by atoms with Crippen LogP contribution >= 0.6 is 10.7 Å². The van der Waals surface area contributed by atoms with Gasteiger partial charge in [-0.2, -0.15) is 8.42 Å². The van der Waals surface area contributed by atoms with Crippen molar-refractivity contribution >= 4 is 49.3 Å². The molecule has 1 fully saturated rings. The molecule has 0 bridgehead atoms. The molecule has 0 radical (unpaired) electrons. The molecule has 0 saturated carbocycles. The van der Waals surface area contributed by atoms with Crippen LogP contribution in [0.15, 0.2) is 149 Å². The second-order valence-corrected chi connectivity index (χ2v) is 21.6. The van der Waals surface area contributed by atoms with E-state index in [9.17, 15) is 16.8 Å². The van der Waals surface area contributed by atoms with E-state index in [4.69, 9.17) is 19.3 Å². The van der Waals surface area contributed by atoms with Crippen molar-refractivity contribution in [2.24, 2.45) is 11.3 Å². The number of benzene rings is 5. The van der Waals surface area contributed by atoms with Gasteiger partial charge in [0.05, 0.1) is 22.5 Å². The summed E-state index contributed by atoms with van der Waals surface area (Å²) in [5.41, 5.74) is 3.09. The summed E-state index contributed by atoms with van der Waals surface area (Å²) in [4.78, 5) is 2.83. The standard InChI is InChI=1S/C36H43NO4SSi.C7H7ClO2S/c1-28-20-22-31(23-21-28)42(38,39)40-27-30-24-34(37(26-30)25-29-14-8-5-9-15-29)35(36(2,3)4)41-43(32-16-10-6-11-17-32)33-18-12-7-13-19-33;1-6-2-4-7(5-3-6)11(8,9)10/h5-23,30,34-35,43H,24-27H2,1-4H3;2-5H,1H3/t30-,34+,35?;/m1./s1. The molecule has 286 valence electrons. The minimum Gasteiger partial charge on any atom is -0.406 e. The summed E-state index contributed by atoms with van der Waals surface area (Å²) in [6.07, 6.45) is 0.718. The number of hydrogen-bond donors (Lipinski definition) is 0. The molecule has 1 aliphatic rings. The summed E-state index contributed by atoms with van der Waals surface area (Å²) in [6.45, 7) is 12.2. The second kappa shape index (κ2) is 18.3. The fraction of sp³-hybridized carbons (Fsp3) is 0.302. The lowest BCUT2D eigenvalue weighted by Crippen LogP contribution is -2.55. The van der Waals surface area contributed by atoms with Crippen LogP contribution in [0.4, 0.5) is 0 Å². The van der Waals surface area contributed by atoms with Crippen molar-refractivity contribution < 1.29 is 25.4 Å². The Hall–Kier alpha value is -3.61. The summed E-state index contributed by atoms with van der Waals surface area (Å²) >= 11 is 0. The first-order valence-electron chi connectivity index (χ1n) is 18.1. The Labute approximate surface area is 328 Å². The minimum absolute atomic E-state index is 0.0518. The van der Waals surface area contributed by atoms with Crippen LogP contribution < -0.4 is 10.4 Å². The first-order valence-corrected chi connectivity index (χ1v) is 23.5. The van der Waals surface area contributed by atoms with Gasteiger partial charge in [-0.1, -0.05) is 147 Å². The Balaban J connectivity index is 0.000000438. The fourth-order valence-corrected chi connectivity index (χ4v) is 11.2. The molecule has 0 aromatic heterocycles. The van der Waals surface area contributed by atoms with Crippen molar-refractivity contribution in [3.63, 3.8) is 0 Å². The van der Waals surface area contributed by atoms with Crippen molar-refractivity contribution in [2.45, 2.75) is 69.5 Å². The highest BCUT2D eigenvalue weighted by Crippen LogP contribution is 2.37. The van der Waals surface area contributed by atoms with Gasteiger partial charge in [-0.15, -0.1) is 0 Å². The molecule has 3 atom stereocenters. The third kappa shape index (κ3) is 11.7. The largest absolute Gasteiger partial charge is 0.406 e. The van der Waals surface area contributed by atoms with E-state index in [1.54, 1.807) is 36.4 Å². The van der Waals surface area contributed by atoms with Crippen LogP contribution in [0.3, 0.4) is 0 Å². The zero-order chi connectivity index (χ0) is 38.9. The van der Waals surface area contributed by atoms with Crippen molar-refractivity contribution in [2.75, 3.05) is 13.2 Å². The summed E-state index contributed by atoms with van der Waals surface area (Å²) in [7, 11) is -4.34. The van der Waals surface area contributed by atoms with Crippen LogP contribution in [0.25, 0.3) is 0 Å². The van der Waals surface area contributed by atoms with Crippen LogP contribution in [-0.2, 0) is 34.3 Å². The number of aryl methyl sites for hydroxylation is 2. The Morgan fingerprint density at radius 1 is 0.704 bits per heavy atom. The second-order valence-electron chi connectivity index (χ2n) is 15.0. The average Bonchev–Trinajstić information content (AvgIpc) is 3.53. The summed E-state index contributed by atoms with van der Waals surface area (Å²) in [5.74, 6) is 0.0518. The summed E-state index contributed by atoms with van der Waals surface area (Å²) in [6, 6.07) is 45.0. The van der Waals surface area contributed by atoms with Crippen molar-refractivity contribution in [3.8, 4) is 0 Å². The molecule has 1 unspecified atom stereocenters. The highest BCUT2D eigenvalue weighted by molar-refractivity contribution is 8.13. The molecule has 6 rings (SSSR count). The molecular weight excluding hydrogens is 754 g/mol. The molecule has 0 N–H and O–H groups in total. The van der Waals surface area contributed by atoms with Crippen LogP contribution in [0, 0.1) is 25.2 Å². The third-order valence-electron chi connectivity index (χ3n) is 9.53. The van der Waals surface area contributed by atoms with Crippen LogP contribution in [-0.4, -0.2) is 56.1 Å². The van der Waals surface area contributed by atoms with Gasteiger partial charge in [-0.05, 0) is 71.8 Å². The fourth-order valence-electron chi connectivity index (χ4n) is 6.75. The smallest absolute Gasteiger partial charge is 0.296 e. The van der Waals surface area contributed by atoms with Gasteiger partial charge in [0, 0.05) is 29.8 Å². The van der Waals surface area contributed by atoms with E-state index in [1.807, 2.05) is 19.9 Å². The topological polar surface area (TPSA) is 90.0 Å². The first-order chi connectivity index (χ1) is 25.6. The molecule has 1 saturated heterocycles.